The molecule has 2 N–H and O–H groups in total. The molecule has 4 nitrogen and oxygen atoms in total. The van der Waals surface area contributed by atoms with Crippen LogP contribution in [0.25, 0.3) is 0 Å². The standard InChI is InChI=1S/C11H17BrN4S/c1-8(12)6-15-11(13-3)14-5-4-10-7-17-9(2)16-10/h7H,1,4-6H2,2-3H3,(H2,13,14,15). The molecule has 0 aliphatic heterocycles. The van der Waals surface area contributed by atoms with Crippen molar-refractivity contribution in [2.75, 3.05) is 20.1 Å². The topological polar surface area (TPSA) is 49.3 Å². The zero-order valence-electron chi connectivity index (χ0n) is 10.1. The summed E-state index contributed by atoms with van der Waals surface area (Å²) in [5.41, 5.74) is 1.13. The summed E-state index contributed by atoms with van der Waals surface area (Å²) in [6, 6.07) is 0. The van der Waals surface area contributed by atoms with Crippen LogP contribution in [0.5, 0.6) is 0 Å². The molecule has 0 aliphatic rings. The lowest BCUT2D eigenvalue weighted by Crippen LogP contribution is -2.38. The maximum absolute atomic E-state index is 4.40. The van der Waals surface area contributed by atoms with E-state index < -0.39 is 0 Å². The highest BCUT2D eigenvalue weighted by Gasteiger charge is 2.00. The quantitative estimate of drug-likeness (QED) is 0.646. The minimum Gasteiger partial charge on any atom is -0.356 e. The Hall–Kier alpha value is -0.880. The third-order valence-corrected chi connectivity index (χ3v) is 3.11. The van der Waals surface area contributed by atoms with E-state index in [2.05, 4.69) is 48.5 Å². The summed E-state index contributed by atoms with van der Waals surface area (Å²) in [5.74, 6) is 0.776. The first kappa shape index (κ1) is 14.2. The number of hydrogen-bond donors (Lipinski definition) is 2. The lowest BCUT2D eigenvalue weighted by atomic mass is 10.3. The van der Waals surface area contributed by atoms with Gasteiger partial charge in [-0.3, -0.25) is 4.99 Å². The average Bonchev–Trinajstić information content (AvgIpc) is 2.69. The van der Waals surface area contributed by atoms with E-state index >= 15 is 0 Å². The molecule has 6 heteroatoms. The molecule has 0 saturated heterocycles. The van der Waals surface area contributed by atoms with Crippen LogP contribution in [0.1, 0.15) is 10.7 Å². The van der Waals surface area contributed by atoms with Crippen molar-refractivity contribution in [1.82, 2.24) is 15.6 Å². The molecule has 1 heterocycles. The maximum atomic E-state index is 4.40. The number of aromatic nitrogens is 1. The van der Waals surface area contributed by atoms with Gasteiger partial charge in [0.1, 0.15) is 0 Å². The maximum Gasteiger partial charge on any atom is 0.191 e. The smallest absolute Gasteiger partial charge is 0.191 e. The number of thiazole rings is 1. The fourth-order valence-electron chi connectivity index (χ4n) is 1.23. The number of guanidine groups is 1. The van der Waals surface area contributed by atoms with Crippen molar-refractivity contribution in [3.63, 3.8) is 0 Å². The Morgan fingerprint density at radius 2 is 2.35 bits per heavy atom. The van der Waals surface area contributed by atoms with Gasteiger partial charge in [0.2, 0.25) is 0 Å². The third kappa shape index (κ3) is 5.83. The van der Waals surface area contributed by atoms with Gasteiger partial charge in [-0.2, -0.15) is 0 Å². The van der Waals surface area contributed by atoms with Crippen LogP contribution >= 0.6 is 27.3 Å². The molecule has 0 bridgehead atoms. The highest BCUT2D eigenvalue weighted by molar-refractivity contribution is 9.11. The van der Waals surface area contributed by atoms with Crippen molar-refractivity contribution in [1.29, 1.82) is 0 Å². The fraction of sp³-hybridized carbons (Fsp3) is 0.455. The molecule has 0 amide bonds. The van der Waals surface area contributed by atoms with Crippen molar-refractivity contribution < 1.29 is 0 Å². The van der Waals surface area contributed by atoms with Gasteiger partial charge in [0.25, 0.3) is 0 Å². The summed E-state index contributed by atoms with van der Waals surface area (Å²) < 4.78 is 0.899. The van der Waals surface area contributed by atoms with E-state index in [4.69, 9.17) is 0 Å². The van der Waals surface area contributed by atoms with Gasteiger partial charge in [0.05, 0.1) is 10.7 Å². The first-order valence-electron chi connectivity index (χ1n) is 5.30. The summed E-state index contributed by atoms with van der Waals surface area (Å²) in [5, 5.41) is 9.56. The number of aliphatic imine (C=N–C) groups is 1. The molecular formula is C11H17BrN4S. The summed E-state index contributed by atoms with van der Waals surface area (Å²) in [6.07, 6.45) is 0.903. The molecule has 1 aromatic heterocycles. The second kappa shape index (κ2) is 7.45. The van der Waals surface area contributed by atoms with Crippen LogP contribution in [0.15, 0.2) is 21.4 Å². The number of hydrogen-bond acceptors (Lipinski definition) is 3. The average molecular weight is 317 g/mol. The monoisotopic (exact) mass is 316 g/mol. The van der Waals surface area contributed by atoms with Crippen molar-refractivity contribution >= 4 is 33.2 Å². The number of nitrogens with zero attached hydrogens (tertiary/aromatic N) is 2. The van der Waals surface area contributed by atoms with Crippen LogP contribution in [0.3, 0.4) is 0 Å². The highest BCUT2D eigenvalue weighted by atomic mass is 79.9. The molecule has 17 heavy (non-hydrogen) atoms. The third-order valence-electron chi connectivity index (χ3n) is 2.01. The molecule has 1 rings (SSSR count). The van der Waals surface area contributed by atoms with E-state index in [1.54, 1.807) is 18.4 Å². The van der Waals surface area contributed by atoms with Gasteiger partial charge in [-0.25, -0.2) is 4.98 Å². The van der Waals surface area contributed by atoms with E-state index in [9.17, 15) is 0 Å². The van der Waals surface area contributed by atoms with Gasteiger partial charge >= 0.3 is 0 Å². The van der Waals surface area contributed by atoms with E-state index in [1.807, 2.05) is 6.92 Å². The molecule has 0 fully saturated rings. The predicted molar refractivity (Wildman–Crippen MR) is 78.0 cm³/mol. The predicted octanol–water partition coefficient (Wildman–Crippen LogP) is 2.07. The second-order valence-corrected chi connectivity index (χ2v) is 5.66. The Morgan fingerprint density at radius 3 is 2.88 bits per heavy atom. The number of rotatable bonds is 5. The zero-order chi connectivity index (χ0) is 12.7. The van der Waals surface area contributed by atoms with Gasteiger partial charge in [-0.1, -0.05) is 22.5 Å². The van der Waals surface area contributed by atoms with Crippen LogP contribution in [-0.4, -0.2) is 31.1 Å². The Morgan fingerprint density at radius 1 is 1.59 bits per heavy atom. The van der Waals surface area contributed by atoms with Crippen LogP contribution in [0, 0.1) is 6.92 Å². The van der Waals surface area contributed by atoms with Gasteiger partial charge in [0, 0.05) is 36.4 Å². The Labute approximate surface area is 114 Å². The van der Waals surface area contributed by atoms with E-state index in [0.29, 0.717) is 6.54 Å². The molecule has 0 atom stereocenters. The van der Waals surface area contributed by atoms with Gasteiger partial charge in [-0.15, -0.1) is 11.3 Å². The molecule has 0 radical (unpaired) electrons. The molecule has 0 spiro atoms. The largest absolute Gasteiger partial charge is 0.356 e. The number of halogens is 1. The normalized spacial score (nSPS) is 11.4. The highest BCUT2D eigenvalue weighted by Crippen LogP contribution is 2.07. The zero-order valence-corrected chi connectivity index (χ0v) is 12.5. The second-order valence-electron chi connectivity index (χ2n) is 3.48. The molecule has 0 aliphatic carbocycles. The molecule has 0 unspecified atom stereocenters. The summed E-state index contributed by atoms with van der Waals surface area (Å²) >= 11 is 4.97. The fourth-order valence-corrected chi connectivity index (χ4v) is 2.02. The lowest BCUT2D eigenvalue weighted by molar-refractivity contribution is 0.808. The van der Waals surface area contributed by atoms with Crippen molar-refractivity contribution in [3.8, 4) is 0 Å². The van der Waals surface area contributed by atoms with Crippen molar-refractivity contribution in [3.05, 3.63) is 27.1 Å². The Kier molecular flexibility index (Phi) is 6.21. The summed E-state index contributed by atoms with van der Waals surface area (Å²) in [4.78, 5) is 8.52. The van der Waals surface area contributed by atoms with Crippen molar-refractivity contribution in [2.45, 2.75) is 13.3 Å². The SMILES string of the molecule is C=C(Br)CNC(=NC)NCCc1csc(C)n1. The van der Waals surface area contributed by atoms with E-state index in [-0.39, 0.29) is 0 Å². The van der Waals surface area contributed by atoms with Crippen LogP contribution in [-0.2, 0) is 6.42 Å². The molecule has 0 aromatic carbocycles. The van der Waals surface area contributed by atoms with Crippen LogP contribution < -0.4 is 10.6 Å². The Bertz CT molecular complexity index is 400. The Balaban J connectivity index is 2.26. The van der Waals surface area contributed by atoms with Crippen LogP contribution in [0.4, 0.5) is 0 Å². The van der Waals surface area contributed by atoms with Crippen LogP contribution in [0.2, 0.25) is 0 Å². The summed E-state index contributed by atoms with van der Waals surface area (Å²) in [7, 11) is 1.75. The molecule has 94 valence electrons. The van der Waals surface area contributed by atoms with E-state index in [1.165, 1.54) is 0 Å². The van der Waals surface area contributed by atoms with Gasteiger partial charge in [-0.05, 0) is 6.92 Å². The van der Waals surface area contributed by atoms with Gasteiger partial charge < -0.3 is 10.6 Å². The number of nitrogens with one attached hydrogen (secondary N) is 2. The molecule has 1 aromatic rings. The molecule has 0 saturated carbocycles. The minimum atomic E-state index is 0.662. The number of aryl methyl sites for hydroxylation is 1. The van der Waals surface area contributed by atoms with Gasteiger partial charge in [0.15, 0.2) is 5.96 Å². The van der Waals surface area contributed by atoms with Crippen molar-refractivity contribution in [2.24, 2.45) is 4.99 Å². The summed E-state index contributed by atoms with van der Waals surface area (Å²) in [6.45, 7) is 7.25. The van der Waals surface area contributed by atoms with E-state index in [0.717, 1.165) is 34.1 Å². The first-order valence-corrected chi connectivity index (χ1v) is 6.98. The first-order chi connectivity index (χ1) is 8.11. The minimum absolute atomic E-state index is 0.662. The lowest BCUT2D eigenvalue weighted by Gasteiger charge is -2.10. The molecular weight excluding hydrogens is 300 g/mol.